The lowest BCUT2D eigenvalue weighted by Gasteiger charge is -2.11. The van der Waals surface area contributed by atoms with Gasteiger partial charge in [0.1, 0.15) is 10.8 Å². The van der Waals surface area contributed by atoms with E-state index in [0.29, 0.717) is 27.3 Å². The summed E-state index contributed by atoms with van der Waals surface area (Å²) in [6.07, 6.45) is 3.15. The minimum absolute atomic E-state index is 0.233. The van der Waals surface area contributed by atoms with Crippen molar-refractivity contribution in [3.63, 3.8) is 0 Å². The fraction of sp³-hybridized carbons (Fsp3) is 0.125. The van der Waals surface area contributed by atoms with Gasteiger partial charge >= 0.3 is 0 Å². The second-order valence-corrected chi connectivity index (χ2v) is 7.00. The normalized spacial score (nSPS) is 17.9. The van der Waals surface area contributed by atoms with Crippen LogP contribution >= 0.6 is 23.1 Å². The summed E-state index contributed by atoms with van der Waals surface area (Å²) < 4.78 is 13.8. The van der Waals surface area contributed by atoms with Gasteiger partial charge in [0.25, 0.3) is 5.91 Å². The van der Waals surface area contributed by atoms with Gasteiger partial charge in [-0.25, -0.2) is 4.39 Å². The highest BCUT2D eigenvalue weighted by atomic mass is 32.2. The Hall–Kier alpha value is -2.32. The number of carbonyl (C=O) groups excluding carboxylic acids is 1. The summed E-state index contributed by atoms with van der Waals surface area (Å²) in [5.74, 6) is -0.609. The fourth-order valence-corrected chi connectivity index (χ4v) is 3.63. The molecule has 1 aromatic heterocycles. The lowest BCUT2D eigenvalue weighted by Crippen LogP contribution is -2.29. The van der Waals surface area contributed by atoms with Crippen molar-refractivity contribution >= 4 is 45.4 Å². The highest BCUT2D eigenvalue weighted by Gasteiger charge is 2.33. The first kappa shape index (κ1) is 16.5. The van der Waals surface area contributed by atoms with Crippen LogP contribution in [-0.4, -0.2) is 32.7 Å². The lowest BCUT2D eigenvalue weighted by atomic mass is 10.2. The van der Waals surface area contributed by atoms with E-state index in [2.05, 4.69) is 21.8 Å². The van der Waals surface area contributed by atoms with Gasteiger partial charge in [0.05, 0.1) is 4.91 Å². The summed E-state index contributed by atoms with van der Waals surface area (Å²) in [7, 11) is 0. The van der Waals surface area contributed by atoms with Gasteiger partial charge in [0, 0.05) is 12.1 Å². The van der Waals surface area contributed by atoms with Crippen LogP contribution in [0.4, 0.5) is 9.52 Å². The molecule has 0 N–H and O–H groups in total. The largest absolute Gasteiger partial charge is 0.282 e. The van der Waals surface area contributed by atoms with Crippen LogP contribution in [0, 0.1) is 12.7 Å². The Morgan fingerprint density at radius 3 is 2.83 bits per heavy atom. The van der Waals surface area contributed by atoms with Gasteiger partial charge in [-0.1, -0.05) is 35.6 Å². The number of nitrogens with zero attached hydrogens (tertiary/aromatic N) is 4. The van der Waals surface area contributed by atoms with Crippen LogP contribution in [-0.2, 0) is 4.79 Å². The molecule has 0 unspecified atom stereocenters. The fourth-order valence-electron chi connectivity index (χ4n) is 2.03. The van der Waals surface area contributed by atoms with Crippen molar-refractivity contribution in [1.29, 1.82) is 0 Å². The average Bonchev–Trinajstić information content (AvgIpc) is 3.09. The molecule has 0 radical (unpaired) electrons. The molecule has 0 bridgehead atoms. The van der Waals surface area contributed by atoms with Crippen LogP contribution in [0.5, 0.6) is 0 Å². The molecule has 1 aliphatic heterocycles. The summed E-state index contributed by atoms with van der Waals surface area (Å²) in [6.45, 7) is 5.81. The first-order chi connectivity index (χ1) is 11.6. The number of halogens is 1. The van der Waals surface area contributed by atoms with Crippen LogP contribution in [0.3, 0.4) is 0 Å². The standard InChI is InChI=1S/C16H13FN4OS2/c1-3-8-21-14(22)13(9-11-6-4-5-7-12(11)17)24-16(21)18-15-20-19-10(2)23-15/h3-7,9H,1,8H2,2H3. The van der Waals surface area contributed by atoms with Crippen LogP contribution < -0.4 is 0 Å². The van der Waals surface area contributed by atoms with E-state index in [1.807, 2.05) is 6.92 Å². The Kier molecular flexibility index (Phi) is 4.86. The van der Waals surface area contributed by atoms with Crippen LogP contribution in [0.15, 0.2) is 46.8 Å². The Labute approximate surface area is 146 Å². The number of amides is 1. The molecule has 3 rings (SSSR count). The second kappa shape index (κ2) is 7.06. The van der Waals surface area contributed by atoms with Crippen molar-refractivity contribution < 1.29 is 9.18 Å². The predicted molar refractivity (Wildman–Crippen MR) is 95.6 cm³/mol. The number of amidine groups is 1. The van der Waals surface area contributed by atoms with Crippen molar-refractivity contribution in [3.05, 3.63) is 58.2 Å². The summed E-state index contributed by atoms with van der Waals surface area (Å²) in [4.78, 5) is 18.9. The molecule has 1 aliphatic rings. The zero-order chi connectivity index (χ0) is 17.1. The molecule has 24 heavy (non-hydrogen) atoms. The van der Waals surface area contributed by atoms with Gasteiger partial charge in [-0.15, -0.1) is 16.8 Å². The summed E-state index contributed by atoms with van der Waals surface area (Å²) in [5.41, 5.74) is 0.361. The zero-order valence-electron chi connectivity index (χ0n) is 12.8. The Morgan fingerprint density at radius 1 is 1.38 bits per heavy atom. The average molecular weight is 360 g/mol. The predicted octanol–water partition coefficient (Wildman–Crippen LogP) is 3.78. The van der Waals surface area contributed by atoms with Gasteiger partial charge in [-0.2, -0.15) is 4.99 Å². The molecule has 1 amide bonds. The summed E-state index contributed by atoms with van der Waals surface area (Å²) >= 11 is 2.52. The number of aromatic nitrogens is 2. The van der Waals surface area contributed by atoms with Gasteiger partial charge in [0.2, 0.25) is 5.13 Å². The lowest BCUT2D eigenvalue weighted by molar-refractivity contribution is -0.121. The molecule has 1 saturated heterocycles. The van der Waals surface area contributed by atoms with Crippen molar-refractivity contribution in [2.24, 2.45) is 4.99 Å². The Balaban J connectivity index is 1.96. The minimum Gasteiger partial charge on any atom is -0.282 e. The monoisotopic (exact) mass is 360 g/mol. The number of aryl methyl sites for hydroxylation is 1. The van der Waals surface area contributed by atoms with E-state index >= 15 is 0 Å². The van der Waals surface area contributed by atoms with Crippen LogP contribution in [0.2, 0.25) is 0 Å². The molecule has 122 valence electrons. The molecular weight excluding hydrogens is 347 g/mol. The van der Waals surface area contributed by atoms with E-state index in [1.165, 1.54) is 40.1 Å². The summed E-state index contributed by atoms with van der Waals surface area (Å²) in [5, 5.41) is 9.61. The molecule has 1 fully saturated rings. The SMILES string of the molecule is C=CCN1C(=O)C(=Cc2ccccc2F)SC1=Nc1nnc(C)s1. The maximum Gasteiger partial charge on any atom is 0.267 e. The van der Waals surface area contributed by atoms with Crippen LogP contribution in [0.25, 0.3) is 6.08 Å². The minimum atomic E-state index is -0.376. The topological polar surface area (TPSA) is 58.5 Å². The number of rotatable bonds is 4. The van der Waals surface area contributed by atoms with E-state index in [9.17, 15) is 9.18 Å². The van der Waals surface area contributed by atoms with Crippen molar-refractivity contribution in [2.45, 2.75) is 6.92 Å². The molecule has 2 heterocycles. The van der Waals surface area contributed by atoms with E-state index in [-0.39, 0.29) is 11.7 Å². The number of hydrogen-bond donors (Lipinski definition) is 0. The van der Waals surface area contributed by atoms with E-state index in [0.717, 1.165) is 5.01 Å². The van der Waals surface area contributed by atoms with Gasteiger partial charge in [0.15, 0.2) is 5.17 Å². The van der Waals surface area contributed by atoms with E-state index in [4.69, 9.17) is 0 Å². The Bertz CT molecular complexity index is 859. The number of thioether (sulfide) groups is 1. The highest BCUT2D eigenvalue weighted by Crippen LogP contribution is 2.34. The number of carbonyl (C=O) groups is 1. The Morgan fingerprint density at radius 2 is 2.17 bits per heavy atom. The molecule has 0 spiro atoms. The van der Waals surface area contributed by atoms with Crippen molar-refractivity contribution in [2.75, 3.05) is 6.54 Å². The zero-order valence-corrected chi connectivity index (χ0v) is 14.4. The molecule has 0 saturated carbocycles. The maximum atomic E-state index is 13.8. The van der Waals surface area contributed by atoms with Crippen molar-refractivity contribution in [3.8, 4) is 0 Å². The molecule has 1 aromatic carbocycles. The second-order valence-electron chi connectivity index (χ2n) is 4.83. The molecule has 8 heteroatoms. The van der Waals surface area contributed by atoms with E-state index < -0.39 is 0 Å². The van der Waals surface area contributed by atoms with Gasteiger partial charge in [-0.05, 0) is 30.8 Å². The summed E-state index contributed by atoms with van der Waals surface area (Å²) in [6, 6.07) is 6.31. The first-order valence-electron chi connectivity index (χ1n) is 7.04. The number of hydrogen-bond acceptors (Lipinski definition) is 6. The van der Waals surface area contributed by atoms with Crippen LogP contribution in [0.1, 0.15) is 10.6 Å². The highest BCUT2D eigenvalue weighted by molar-refractivity contribution is 8.18. The third kappa shape index (κ3) is 3.44. The molecule has 5 nitrogen and oxygen atoms in total. The van der Waals surface area contributed by atoms with Crippen molar-refractivity contribution in [1.82, 2.24) is 15.1 Å². The first-order valence-corrected chi connectivity index (χ1v) is 8.67. The molecular formula is C16H13FN4OS2. The number of aliphatic imine (C=N–C) groups is 1. The molecule has 0 atom stereocenters. The number of benzene rings is 1. The molecule has 2 aromatic rings. The smallest absolute Gasteiger partial charge is 0.267 e. The van der Waals surface area contributed by atoms with Gasteiger partial charge < -0.3 is 0 Å². The third-order valence-corrected chi connectivity index (χ3v) is 4.84. The maximum absolute atomic E-state index is 13.8. The quantitative estimate of drug-likeness (QED) is 0.615. The molecule has 0 aliphatic carbocycles. The van der Waals surface area contributed by atoms with E-state index in [1.54, 1.807) is 24.3 Å². The van der Waals surface area contributed by atoms with Gasteiger partial charge in [-0.3, -0.25) is 9.69 Å². The third-order valence-electron chi connectivity index (χ3n) is 3.10.